The molecule has 1 saturated heterocycles. The fraction of sp³-hybridized carbons (Fsp3) is 0.562. The standard InChI is InChI=1S/C16H23FN2O2/c1-11-9-12(5-6-14(11)17)18-13-7-8-19(10-13)15(20)21-16(2,3)4/h5-6,9,13,18H,7-8,10H2,1-4H3. The van der Waals surface area contributed by atoms with Crippen LogP contribution in [0.5, 0.6) is 0 Å². The Labute approximate surface area is 125 Å². The van der Waals surface area contributed by atoms with Crippen molar-refractivity contribution in [1.82, 2.24) is 4.90 Å². The maximum absolute atomic E-state index is 13.2. The quantitative estimate of drug-likeness (QED) is 0.907. The number of hydrogen-bond donors (Lipinski definition) is 1. The average Bonchev–Trinajstić information content (AvgIpc) is 2.80. The molecule has 1 aliphatic rings. The molecule has 0 bridgehead atoms. The molecule has 1 N–H and O–H groups in total. The van der Waals surface area contributed by atoms with E-state index in [1.54, 1.807) is 24.0 Å². The largest absolute Gasteiger partial charge is 0.444 e. The summed E-state index contributed by atoms with van der Waals surface area (Å²) in [6, 6.07) is 5.13. The first-order valence-corrected chi connectivity index (χ1v) is 7.25. The minimum atomic E-state index is -0.476. The van der Waals surface area contributed by atoms with E-state index in [2.05, 4.69) is 5.32 Å². The van der Waals surface area contributed by atoms with Gasteiger partial charge in [-0.25, -0.2) is 9.18 Å². The number of rotatable bonds is 2. The van der Waals surface area contributed by atoms with Crippen LogP contribution >= 0.6 is 0 Å². The van der Waals surface area contributed by atoms with Crippen LogP contribution < -0.4 is 5.32 Å². The second-order valence-corrected chi connectivity index (χ2v) is 6.52. The first-order valence-electron chi connectivity index (χ1n) is 7.25. The molecule has 1 fully saturated rings. The van der Waals surface area contributed by atoms with E-state index in [0.29, 0.717) is 18.7 Å². The first-order chi connectivity index (χ1) is 9.74. The van der Waals surface area contributed by atoms with E-state index in [9.17, 15) is 9.18 Å². The summed E-state index contributed by atoms with van der Waals surface area (Å²) in [6.07, 6.45) is 0.581. The molecular weight excluding hydrogens is 271 g/mol. The van der Waals surface area contributed by atoms with Crippen molar-refractivity contribution in [1.29, 1.82) is 0 Å². The molecule has 116 valence electrons. The van der Waals surface area contributed by atoms with Crippen LogP contribution in [0.4, 0.5) is 14.9 Å². The van der Waals surface area contributed by atoms with Gasteiger partial charge in [-0.15, -0.1) is 0 Å². The van der Waals surface area contributed by atoms with Crippen LogP contribution in [0.1, 0.15) is 32.8 Å². The number of benzene rings is 1. The first kappa shape index (κ1) is 15.6. The molecule has 0 saturated carbocycles. The SMILES string of the molecule is Cc1cc(NC2CCN(C(=O)OC(C)(C)C)C2)ccc1F. The summed E-state index contributed by atoms with van der Waals surface area (Å²) in [4.78, 5) is 13.7. The fourth-order valence-corrected chi connectivity index (χ4v) is 2.34. The fourth-order valence-electron chi connectivity index (χ4n) is 2.34. The highest BCUT2D eigenvalue weighted by Gasteiger charge is 2.29. The molecule has 2 rings (SSSR count). The van der Waals surface area contributed by atoms with Gasteiger partial charge in [0.1, 0.15) is 11.4 Å². The summed E-state index contributed by atoms with van der Waals surface area (Å²) in [6.45, 7) is 8.59. The number of nitrogens with one attached hydrogen (secondary N) is 1. The zero-order valence-corrected chi connectivity index (χ0v) is 13.1. The molecule has 1 aromatic carbocycles. The van der Waals surface area contributed by atoms with Gasteiger partial charge in [0, 0.05) is 24.8 Å². The van der Waals surface area contributed by atoms with Gasteiger partial charge in [0.15, 0.2) is 0 Å². The summed E-state index contributed by atoms with van der Waals surface area (Å²) >= 11 is 0. The van der Waals surface area contributed by atoms with Gasteiger partial charge >= 0.3 is 6.09 Å². The third-order valence-electron chi connectivity index (χ3n) is 3.37. The zero-order chi connectivity index (χ0) is 15.6. The predicted octanol–water partition coefficient (Wildman–Crippen LogP) is 3.56. The summed E-state index contributed by atoms with van der Waals surface area (Å²) in [5.74, 6) is -0.206. The van der Waals surface area contributed by atoms with E-state index in [4.69, 9.17) is 4.74 Å². The summed E-state index contributed by atoms with van der Waals surface area (Å²) in [7, 11) is 0. The lowest BCUT2D eigenvalue weighted by Crippen LogP contribution is -2.36. The maximum Gasteiger partial charge on any atom is 0.410 e. The number of ether oxygens (including phenoxy) is 1. The molecule has 1 aromatic rings. The Morgan fingerprint density at radius 1 is 1.43 bits per heavy atom. The molecule has 1 aliphatic heterocycles. The normalized spacial score (nSPS) is 18.7. The third kappa shape index (κ3) is 4.34. The lowest BCUT2D eigenvalue weighted by molar-refractivity contribution is 0.0293. The molecule has 0 aliphatic carbocycles. The summed E-state index contributed by atoms with van der Waals surface area (Å²) < 4.78 is 18.6. The van der Waals surface area contributed by atoms with Crippen molar-refractivity contribution >= 4 is 11.8 Å². The summed E-state index contributed by atoms with van der Waals surface area (Å²) in [5, 5.41) is 3.34. The van der Waals surface area contributed by atoms with Gasteiger partial charge < -0.3 is 15.0 Å². The number of anilines is 1. The molecule has 0 spiro atoms. The molecule has 1 heterocycles. The number of hydrogen-bond acceptors (Lipinski definition) is 3. The number of halogens is 1. The number of likely N-dealkylation sites (tertiary alicyclic amines) is 1. The minimum absolute atomic E-state index is 0.169. The number of carbonyl (C=O) groups excluding carboxylic acids is 1. The number of aryl methyl sites for hydroxylation is 1. The van der Waals surface area contributed by atoms with Gasteiger partial charge in [-0.05, 0) is 57.9 Å². The predicted molar refractivity (Wildman–Crippen MR) is 81.0 cm³/mol. The van der Waals surface area contributed by atoms with Crippen molar-refractivity contribution in [3.8, 4) is 0 Å². The maximum atomic E-state index is 13.2. The van der Waals surface area contributed by atoms with Gasteiger partial charge in [-0.3, -0.25) is 0 Å². The lowest BCUT2D eigenvalue weighted by Gasteiger charge is -2.24. The Morgan fingerprint density at radius 2 is 2.14 bits per heavy atom. The molecule has 1 amide bonds. The molecule has 5 heteroatoms. The second kappa shape index (κ2) is 5.92. The Morgan fingerprint density at radius 3 is 2.76 bits per heavy atom. The van der Waals surface area contributed by atoms with Gasteiger partial charge in [0.25, 0.3) is 0 Å². The molecule has 21 heavy (non-hydrogen) atoms. The van der Waals surface area contributed by atoms with E-state index < -0.39 is 5.60 Å². The van der Waals surface area contributed by atoms with E-state index in [-0.39, 0.29) is 18.0 Å². The number of amides is 1. The van der Waals surface area contributed by atoms with E-state index in [0.717, 1.165) is 12.1 Å². The summed E-state index contributed by atoms with van der Waals surface area (Å²) in [5.41, 5.74) is 1.02. The van der Waals surface area contributed by atoms with Crippen molar-refractivity contribution in [2.75, 3.05) is 18.4 Å². The van der Waals surface area contributed by atoms with Gasteiger partial charge in [-0.1, -0.05) is 0 Å². The Balaban J connectivity index is 1.90. The smallest absolute Gasteiger partial charge is 0.410 e. The van der Waals surface area contributed by atoms with E-state index in [1.165, 1.54) is 6.07 Å². The van der Waals surface area contributed by atoms with E-state index >= 15 is 0 Å². The van der Waals surface area contributed by atoms with E-state index in [1.807, 2.05) is 20.8 Å². The minimum Gasteiger partial charge on any atom is -0.444 e. The lowest BCUT2D eigenvalue weighted by atomic mass is 10.2. The van der Waals surface area contributed by atoms with Crippen molar-refractivity contribution in [2.24, 2.45) is 0 Å². The van der Waals surface area contributed by atoms with Crippen molar-refractivity contribution in [2.45, 2.75) is 45.8 Å². The number of carbonyl (C=O) groups is 1. The Hall–Kier alpha value is -1.78. The van der Waals surface area contributed by atoms with Crippen LogP contribution in [0.3, 0.4) is 0 Å². The molecule has 0 aromatic heterocycles. The molecule has 1 atom stereocenters. The Kier molecular flexibility index (Phi) is 4.40. The Bertz CT molecular complexity index is 525. The van der Waals surface area contributed by atoms with Crippen LogP contribution in [-0.4, -0.2) is 35.7 Å². The van der Waals surface area contributed by atoms with Crippen LogP contribution in [-0.2, 0) is 4.74 Å². The van der Waals surface area contributed by atoms with Crippen molar-refractivity contribution in [3.05, 3.63) is 29.6 Å². The highest BCUT2D eigenvalue weighted by molar-refractivity contribution is 5.68. The van der Waals surface area contributed by atoms with Crippen LogP contribution in [0.2, 0.25) is 0 Å². The highest BCUT2D eigenvalue weighted by atomic mass is 19.1. The van der Waals surface area contributed by atoms with Gasteiger partial charge in [0.05, 0.1) is 0 Å². The van der Waals surface area contributed by atoms with Crippen LogP contribution in [0.15, 0.2) is 18.2 Å². The van der Waals surface area contributed by atoms with Crippen LogP contribution in [0, 0.1) is 12.7 Å². The monoisotopic (exact) mass is 294 g/mol. The highest BCUT2D eigenvalue weighted by Crippen LogP contribution is 2.20. The molecule has 4 nitrogen and oxygen atoms in total. The van der Waals surface area contributed by atoms with Gasteiger partial charge in [0.2, 0.25) is 0 Å². The van der Waals surface area contributed by atoms with Gasteiger partial charge in [-0.2, -0.15) is 0 Å². The molecule has 1 unspecified atom stereocenters. The van der Waals surface area contributed by atoms with Crippen molar-refractivity contribution in [3.63, 3.8) is 0 Å². The zero-order valence-electron chi connectivity index (χ0n) is 13.1. The van der Waals surface area contributed by atoms with Crippen LogP contribution in [0.25, 0.3) is 0 Å². The number of nitrogens with zero attached hydrogens (tertiary/aromatic N) is 1. The molecular formula is C16H23FN2O2. The molecule has 0 radical (unpaired) electrons. The average molecular weight is 294 g/mol. The second-order valence-electron chi connectivity index (χ2n) is 6.52. The third-order valence-corrected chi connectivity index (χ3v) is 3.37. The van der Waals surface area contributed by atoms with Crippen molar-refractivity contribution < 1.29 is 13.9 Å². The topological polar surface area (TPSA) is 41.6 Å².